The van der Waals surface area contributed by atoms with E-state index in [9.17, 15) is 0 Å². The Morgan fingerprint density at radius 3 is 2.11 bits per heavy atom. The standard InChI is InChI=1S/C8H14S/c1-5(2)8-6-3-9-4-7(6)8/h5-8H,3-4H2,1-2H3. The van der Waals surface area contributed by atoms with E-state index in [4.69, 9.17) is 0 Å². The lowest BCUT2D eigenvalue weighted by molar-refractivity contribution is 0.513. The van der Waals surface area contributed by atoms with Gasteiger partial charge in [0.1, 0.15) is 0 Å². The van der Waals surface area contributed by atoms with Crippen LogP contribution >= 0.6 is 11.8 Å². The highest BCUT2D eigenvalue weighted by Crippen LogP contribution is 2.58. The summed E-state index contributed by atoms with van der Waals surface area (Å²) < 4.78 is 0. The maximum atomic E-state index is 2.37. The molecule has 2 unspecified atom stereocenters. The molecule has 1 aliphatic heterocycles. The summed E-state index contributed by atoms with van der Waals surface area (Å²) in [5, 5.41) is 0. The highest BCUT2D eigenvalue weighted by Gasteiger charge is 2.53. The normalized spacial score (nSPS) is 47.7. The SMILES string of the molecule is CC(C)C1C2CSCC21. The maximum absolute atomic E-state index is 2.37. The summed E-state index contributed by atoms with van der Waals surface area (Å²) in [5.74, 6) is 7.28. The van der Waals surface area contributed by atoms with Gasteiger partial charge in [-0.1, -0.05) is 13.8 Å². The van der Waals surface area contributed by atoms with Crippen LogP contribution in [0.4, 0.5) is 0 Å². The molecular weight excluding hydrogens is 128 g/mol. The average molecular weight is 142 g/mol. The van der Waals surface area contributed by atoms with E-state index in [0.29, 0.717) is 0 Å². The third kappa shape index (κ3) is 0.813. The first-order chi connectivity index (χ1) is 4.30. The molecule has 0 nitrogen and oxygen atoms in total. The van der Waals surface area contributed by atoms with Gasteiger partial charge in [0.25, 0.3) is 0 Å². The van der Waals surface area contributed by atoms with Crippen molar-refractivity contribution in [1.29, 1.82) is 0 Å². The monoisotopic (exact) mass is 142 g/mol. The van der Waals surface area contributed by atoms with Gasteiger partial charge >= 0.3 is 0 Å². The molecule has 1 heterocycles. The zero-order valence-corrected chi connectivity index (χ0v) is 6.95. The summed E-state index contributed by atoms with van der Waals surface area (Å²) in [7, 11) is 0. The van der Waals surface area contributed by atoms with Crippen LogP contribution in [0.25, 0.3) is 0 Å². The van der Waals surface area contributed by atoms with Gasteiger partial charge in [0.05, 0.1) is 0 Å². The van der Waals surface area contributed by atoms with Crippen LogP contribution < -0.4 is 0 Å². The molecule has 52 valence electrons. The molecule has 0 bridgehead atoms. The molecular formula is C8H14S. The minimum absolute atomic E-state index is 0.959. The first-order valence-electron chi connectivity index (χ1n) is 3.88. The smallest absolute Gasteiger partial charge is 0.00331 e. The summed E-state index contributed by atoms with van der Waals surface area (Å²) >= 11 is 2.15. The predicted octanol–water partition coefficient (Wildman–Crippen LogP) is 2.25. The van der Waals surface area contributed by atoms with Crippen LogP contribution in [0.3, 0.4) is 0 Å². The highest BCUT2D eigenvalue weighted by atomic mass is 32.2. The third-order valence-electron chi connectivity index (χ3n) is 2.79. The second-order valence-electron chi connectivity index (χ2n) is 3.69. The van der Waals surface area contributed by atoms with E-state index in [0.717, 1.165) is 23.7 Å². The Kier molecular flexibility index (Phi) is 1.29. The number of hydrogen-bond acceptors (Lipinski definition) is 1. The fourth-order valence-electron chi connectivity index (χ4n) is 2.27. The van der Waals surface area contributed by atoms with Crippen LogP contribution in [0.15, 0.2) is 0 Å². The fourth-order valence-corrected chi connectivity index (χ4v) is 3.89. The Bertz CT molecular complexity index is 110. The van der Waals surface area contributed by atoms with Gasteiger partial charge in [0.15, 0.2) is 0 Å². The van der Waals surface area contributed by atoms with Crippen molar-refractivity contribution in [2.24, 2.45) is 23.7 Å². The van der Waals surface area contributed by atoms with Crippen LogP contribution in [-0.4, -0.2) is 11.5 Å². The molecule has 2 aliphatic rings. The van der Waals surface area contributed by atoms with Gasteiger partial charge in [-0.25, -0.2) is 0 Å². The molecule has 0 spiro atoms. The summed E-state index contributed by atoms with van der Waals surface area (Å²) in [6, 6.07) is 0. The quantitative estimate of drug-likeness (QED) is 0.541. The first kappa shape index (κ1) is 6.09. The van der Waals surface area contributed by atoms with Crippen molar-refractivity contribution in [2.75, 3.05) is 11.5 Å². The topological polar surface area (TPSA) is 0 Å². The molecule has 2 atom stereocenters. The van der Waals surface area contributed by atoms with E-state index in [-0.39, 0.29) is 0 Å². The molecule has 0 amide bonds. The van der Waals surface area contributed by atoms with Gasteiger partial charge in [-0.2, -0.15) is 11.8 Å². The maximum Gasteiger partial charge on any atom is -0.00331 e. The van der Waals surface area contributed by atoms with Crippen molar-refractivity contribution in [2.45, 2.75) is 13.8 Å². The molecule has 9 heavy (non-hydrogen) atoms. The van der Waals surface area contributed by atoms with Crippen molar-refractivity contribution < 1.29 is 0 Å². The Hall–Kier alpha value is 0.350. The van der Waals surface area contributed by atoms with E-state index in [2.05, 4.69) is 25.6 Å². The molecule has 1 aliphatic carbocycles. The molecule has 1 heteroatoms. The zero-order valence-electron chi connectivity index (χ0n) is 6.13. The van der Waals surface area contributed by atoms with Crippen molar-refractivity contribution in [3.8, 4) is 0 Å². The van der Waals surface area contributed by atoms with Crippen LogP contribution in [0, 0.1) is 23.7 Å². The molecule has 0 aromatic rings. The van der Waals surface area contributed by atoms with E-state index >= 15 is 0 Å². The minimum atomic E-state index is 0.959. The first-order valence-corrected chi connectivity index (χ1v) is 5.04. The minimum Gasteiger partial charge on any atom is -0.161 e. The Morgan fingerprint density at radius 2 is 1.78 bits per heavy atom. The highest BCUT2D eigenvalue weighted by molar-refractivity contribution is 7.99. The van der Waals surface area contributed by atoms with Gasteiger partial charge < -0.3 is 0 Å². The van der Waals surface area contributed by atoms with Crippen molar-refractivity contribution in [1.82, 2.24) is 0 Å². The van der Waals surface area contributed by atoms with Gasteiger partial charge in [-0.3, -0.25) is 0 Å². The molecule has 2 fully saturated rings. The van der Waals surface area contributed by atoms with Gasteiger partial charge in [-0.15, -0.1) is 0 Å². The van der Waals surface area contributed by atoms with Gasteiger partial charge in [0.2, 0.25) is 0 Å². The van der Waals surface area contributed by atoms with Gasteiger partial charge in [-0.05, 0) is 35.2 Å². The summed E-state index contributed by atoms with van der Waals surface area (Å²) in [5.41, 5.74) is 0. The zero-order chi connectivity index (χ0) is 6.43. The van der Waals surface area contributed by atoms with Crippen LogP contribution in [0.1, 0.15) is 13.8 Å². The van der Waals surface area contributed by atoms with E-state index < -0.39 is 0 Å². The van der Waals surface area contributed by atoms with E-state index in [1.54, 1.807) is 0 Å². The van der Waals surface area contributed by atoms with Crippen molar-refractivity contribution in [3.05, 3.63) is 0 Å². The van der Waals surface area contributed by atoms with Crippen molar-refractivity contribution >= 4 is 11.8 Å². The summed E-state index contributed by atoms with van der Waals surface area (Å²) in [6.45, 7) is 4.74. The Morgan fingerprint density at radius 1 is 1.22 bits per heavy atom. The Labute approximate surface area is 61.4 Å². The summed E-state index contributed by atoms with van der Waals surface area (Å²) in [6.07, 6.45) is 0. The van der Waals surface area contributed by atoms with Crippen LogP contribution in [-0.2, 0) is 0 Å². The lowest BCUT2D eigenvalue weighted by Gasteiger charge is -2.04. The molecule has 0 aromatic heterocycles. The number of fused-ring (bicyclic) bond motifs is 1. The van der Waals surface area contributed by atoms with Crippen LogP contribution in [0.5, 0.6) is 0 Å². The van der Waals surface area contributed by atoms with Crippen LogP contribution in [0.2, 0.25) is 0 Å². The molecule has 1 saturated carbocycles. The van der Waals surface area contributed by atoms with Gasteiger partial charge in [0, 0.05) is 0 Å². The molecule has 0 radical (unpaired) electrons. The molecule has 1 saturated heterocycles. The molecule has 0 aromatic carbocycles. The largest absolute Gasteiger partial charge is 0.161 e. The number of rotatable bonds is 1. The second-order valence-corrected chi connectivity index (χ2v) is 4.76. The predicted molar refractivity (Wildman–Crippen MR) is 42.6 cm³/mol. The number of thioether (sulfide) groups is 1. The average Bonchev–Trinajstić information content (AvgIpc) is 2.30. The molecule has 2 rings (SSSR count). The van der Waals surface area contributed by atoms with E-state index in [1.807, 2.05) is 0 Å². The Balaban J connectivity index is 1.94. The number of hydrogen-bond donors (Lipinski definition) is 0. The lowest BCUT2D eigenvalue weighted by atomic mass is 10.1. The van der Waals surface area contributed by atoms with Crippen molar-refractivity contribution in [3.63, 3.8) is 0 Å². The lowest BCUT2D eigenvalue weighted by Crippen LogP contribution is -1.97. The fraction of sp³-hybridized carbons (Fsp3) is 1.00. The second kappa shape index (κ2) is 1.91. The van der Waals surface area contributed by atoms with E-state index in [1.165, 1.54) is 11.5 Å². The summed E-state index contributed by atoms with van der Waals surface area (Å²) in [4.78, 5) is 0. The third-order valence-corrected chi connectivity index (χ3v) is 4.03. The molecule has 0 N–H and O–H groups in total.